The van der Waals surface area contributed by atoms with Crippen molar-refractivity contribution < 1.29 is 24.3 Å². The van der Waals surface area contributed by atoms with E-state index in [1.165, 1.54) is 25.0 Å². The number of amides is 3. The van der Waals surface area contributed by atoms with E-state index >= 15 is 0 Å². The third kappa shape index (κ3) is 9.33. The maximum Gasteiger partial charge on any atom is 0.326 e. The molecular weight excluding hydrogens is 480 g/mol. The van der Waals surface area contributed by atoms with Crippen LogP contribution in [0.25, 0.3) is 0 Å². The Bertz CT molecular complexity index is 1010. The highest BCUT2D eigenvalue weighted by molar-refractivity contribution is 5.94. The van der Waals surface area contributed by atoms with Crippen LogP contribution in [0.2, 0.25) is 0 Å². The number of carboxylic acids is 1. The van der Waals surface area contributed by atoms with E-state index in [0.717, 1.165) is 0 Å². The van der Waals surface area contributed by atoms with E-state index in [1.807, 2.05) is 27.7 Å². The fourth-order valence-electron chi connectivity index (χ4n) is 3.75. The van der Waals surface area contributed by atoms with E-state index in [1.54, 1.807) is 0 Å². The summed E-state index contributed by atoms with van der Waals surface area (Å²) in [5.74, 6) is -3.01. The minimum absolute atomic E-state index is 0.0227. The van der Waals surface area contributed by atoms with Crippen molar-refractivity contribution in [3.8, 4) is 0 Å². The number of H-pyrrole nitrogens is 2. The number of aliphatic carboxylic acids is 1. The number of carboxylic acid groups (broad SMARTS) is 1. The van der Waals surface area contributed by atoms with Gasteiger partial charge in [-0.3, -0.25) is 14.4 Å². The number of rotatable bonds is 15. The predicted octanol–water partition coefficient (Wildman–Crippen LogP) is -0.123. The summed E-state index contributed by atoms with van der Waals surface area (Å²) in [5, 5.41) is 17.6. The Balaban J connectivity index is 2.20. The van der Waals surface area contributed by atoms with Gasteiger partial charge in [-0.05, 0) is 18.3 Å². The molecule has 2 rings (SSSR count). The van der Waals surface area contributed by atoms with Gasteiger partial charge in [-0.2, -0.15) is 0 Å². The SMILES string of the molecule is CCC(C)C(NC(=O)C(N)CC(C)C)C(=O)NC(Cc1cnc[nH]1)C(=O)NC(Cc1cnc[nH]1)C(=O)O. The van der Waals surface area contributed by atoms with Crippen molar-refractivity contribution in [3.05, 3.63) is 36.4 Å². The van der Waals surface area contributed by atoms with Gasteiger partial charge < -0.3 is 36.8 Å². The second-order valence-electron chi connectivity index (χ2n) is 9.63. The number of carbonyl (C=O) groups excluding carboxylic acids is 3. The second-order valence-corrected chi connectivity index (χ2v) is 9.63. The van der Waals surface area contributed by atoms with Crippen LogP contribution in [0, 0.1) is 11.8 Å². The molecule has 2 heterocycles. The fraction of sp³-hybridized carbons (Fsp3) is 0.583. The molecule has 37 heavy (non-hydrogen) atoms. The first-order valence-electron chi connectivity index (χ1n) is 12.4. The van der Waals surface area contributed by atoms with Crippen LogP contribution in [0.1, 0.15) is 51.9 Å². The average Bonchev–Trinajstić information content (AvgIpc) is 3.54. The normalized spacial score (nSPS) is 15.3. The van der Waals surface area contributed by atoms with Gasteiger partial charge in [0.15, 0.2) is 0 Å². The molecule has 0 aromatic carbocycles. The van der Waals surface area contributed by atoms with Crippen molar-refractivity contribution in [1.29, 1.82) is 0 Å². The zero-order chi connectivity index (χ0) is 27.5. The molecule has 0 fully saturated rings. The lowest BCUT2D eigenvalue weighted by atomic mass is 9.96. The lowest BCUT2D eigenvalue weighted by molar-refractivity contribution is -0.142. The largest absolute Gasteiger partial charge is 0.480 e. The van der Waals surface area contributed by atoms with Crippen molar-refractivity contribution in [2.24, 2.45) is 17.6 Å². The number of aromatic nitrogens is 4. The molecule has 0 aliphatic carbocycles. The van der Waals surface area contributed by atoms with Gasteiger partial charge >= 0.3 is 5.97 Å². The van der Waals surface area contributed by atoms with Crippen LogP contribution in [0.3, 0.4) is 0 Å². The van der Waals surface area contributed by atoms with Crippen LogP contribution >= 0.6 is 0 Å². The van der Waals surface area contributed by atoms with Gasteiger partial charge in [0.25, 0.3) is 0 Å². The Morgan fingerprint density at radius 3 is 1.89 bits per heavy atom. The Morgan fingerprint density at radius 1 is 0.892 bits per heavy atom. The number of nitrogens with two attached hydrogens (primary N) is 1. The standard InChI is InChI=1S/C24H38N8O5/c1-5-14(4)20(32-21(33)17(25)6-13(2)3)23(35)30-18(7-15-9-26-11-28-15)22(34)31-19(24(36)37)8-16-10-27-12-29-16/h9-14,17-20H,5-8,25H2,1-4H3,(H,26,28)(H,27,29)(H,30,35)(H,31,34)(H,32,33)(H,36,37). The molecule has 0 aliphatic rings. The van der Waals surface area contributed by atoms with Crippen LogP contribution in [0.4, 0.5) is 0 Å². The second kappa shape index (κ2) is 14.1. The molecular formula is C24H38N8O5. The zero-order valence-corrected chi connectivity index (χ0v) is 21.7. The Kier molecular flexibility index (Phi) is 11.2. The van der Waals surface area contributed by atoms with Gasteiger partial charge in [0.1, 0.15) is 18.1 Å². The van der Waals surface area contributed by atoms with Gasteiger partial charge in [0, 0.05) is 36.6 Å². The molecule has 204 valence electrons. The number of carbonyl (C=O) groups is 4. The Morgan fingerprint density at radius 2 is 1.43 bits per heavy atom. The topological polar surface area (TPSA) is 208 Å². The van der Waals surface area contributed by atoms with E-state index in [0.29, 0.717) is 24.2 Å². The predicted molar refractivity (Wildman–Crippen MR) is 135 cm³/mol. The first-order valence-corrected chi connectivity index (χ1v) is 12.4. The highest BCUT2D eigenvalue weighted by Gasteiger charge is 2.33. The third-order valence-electron chi connectivity index (χ3n) is 6.06. The zero-order valence-electron chi connectivity index (χ0n) is 21.7. The monoisotopic (exact) mass is 518 g/mol. The molecule has 0 saturated heterocycles. The molecule has 0 radical (unpaired) electrons. The Labute approximate surface area is 215 Å². The van der Waals surface area contributed by atoms with Gasteiger partial charge in [0.2, 0.25) is 17.7 Å². The lowest BCUT2D eigenvalue weighted by Gasteiger charge is -2.28. The molecule has 0 aliphatic heterocycles. The summed E-state index contributed by atoms with van der Waals surface area (Å²) in [6, 6.07) is -4.10. The summed E-state index contributed by atoms with van der Waals surface area (Å²) in [7, 11) is 0. The molecule has 13 nitrogen and oxygen atoms in total. The van der Waals surface area contributed by atoms with Gasteiger partial charge in [-0.25, -0.2) is 14.8 Å². The average molecular weight is 519 g/mol. The van der Waals surface area contributed by atoms with Crippen molar-refractivity contribution in [1.82, 2.24) is 35.9 Å². The summed E-state index contributed by atoms with van der Waals surface area (Å²) in [6.07, 6.45) is 6.86. The summed E-state index contributed by atoms with van der Waals surface area (Å²) in [5.41, 5.74) is 7.09. The molecule has 13 heteroatoms. The van der Waals surface area contributed by atoms with E-state index in [4.69, 9.17) is 5.73 Å². The van der Waals surface area contributed by atoms with Crippen LogP contribution in [-0.4, -0.2) is 72.9 Å². The minimum Gasteiger partial charge on any atom is -0.480 e. The lowest BCUT2D eigenvalue weighted by Crippen LogP contribution is -2.59. The molecule has 2 aromatic rings. The van der Waals surface area contributed by atoms with Crippen molar-refractivity contribution >= 4 is 23.7 Å². The van der Waals surface area contributed by atoms with Crippen LogP contribution < -0.4 is 21.7 Å². The first kappa shape index (κ1) is 29.5. The van der Waals surface area contributed by atoms with Crippen LogP contribution in [0.15, 0.2) is 25.0 Å². The molecule has 2 aromatic heterocycles. The van der Waals surface area contributed by atoms with Crippen LogP contribution in [0.5, 0.6) is 0 Å². The number of imidazole rings is 2. The van der Waals surface area contributed by atoms with Gasteiger partial charge in [0.05, 0.1) is 18.7 Å². The van der Waals surface area contributed by atoms with Crippen LogP contribution in [-0.2, 0) is 32.0 Å². The number of hydrogen-bond donors (Lipinski definition) is 7. The summed E-state index contributed by atoms with van der Waals surface area (Å²) < 4.78 is 0. The molecule has 5 atom stereocenters. The molecule has 8 N–H and O–H groups in total. The minimum atomic E-state index is -1.26. The van der Waals surface area contributed by atoms with E-state index in [9.17, 15) is 24.3 Å². The van der Waals surface area contributed by atoms with E-state index in [2.05, 4.69) is 35.9 Å². The molecule has 0 spiro atoms. The number of aromatic amines is 2. The maximum absolute atomic E-state index is 13.3. The molecule has 0 saturated carbocycles. The number of nitrogens with zero attached hydrogens (tertiary/aromatic N) is 2. The number of nitrogens with one attached hydrogen (secondary N) is 5. The first-order chi connectivity index (χ1) is 17.5. The summed E-state index contributed by atoms with van der Waals surface area (Å²) >= 11 is 0. The summed E-state index contributed by atoms with van der Waals surface area (Å²) in [4.78, 5) is 64.5. The van der Waals surface area contributed by atoms with Gasteiger partial charge in [-0.15, -0.1) is 0 Å². The number of hydrogen-bond acceptors (Lipinski definition) is 7. The fourth-order valence-corrected chi connectivity index (χ4v) is 3.75. The third-order valence-corrected chi connectivity index (χ3v) is 6.06. The quantitative estimate of drug-likeness (QED) is 0.169. The van der Waals surface area contributed by atoms with Gasteiger partial charge in [-0.1, -0.05) is 34.1 Å². The molecule has 0 bridgehead atoms. The highest BCUT2D eigenvalue weighted by atomic mass is 16.4. The maximum atomic E-state index is 13.3. The smallest absolute Gasteiger partial charge is 0.326 e. The Hall–Kier alpha value is -3.74. The van der Waals surface area contributed by atoms with Crippen molar-refractivity contribution in [2.75, 3.05) is 0 Å². The molecule has 5 unspecified atom stereocenters. The highest BCUT2D eigenvalue weighted by Crippen LogP contribution is 2.11. The van der Waals surface area contributed by atoms with Crippen molar-refractivity contribution in [2.45, 2.75) is 77.5 Å². The van der Waals surface area contributed by atoms with Crippen molar-refractivity contribution in [3.63, 3.8) is 0 Å². The van der Waals surface area contributed by atoms with E-state index in [-0.39, 0.29) is 24.7 Å². The molecule has 3 amide bonds. The van der Waals surface area contributed by atoms with E-state index < -0.39 is 47.9 Å². The summed E-state index contributed by atoms with van der Waals surface area (Å²) in [6.45, 7) is 7.59.